The maximum Gasteiger partial charge on any atom is 0.127 e. The summed E-state index contributed by atoms with van der Waals surface area (Å²) >= 11 is 0. The SMILES string of the molecule is Cc1ccc(N(c2ccc(Oc3ccccc3)cc2)c2ccc(Oc3ccccc3)cc2)cc1. The van der Waals surface area contributed by atoms with Gasteiger partial charge in [0.05, 0.1) is 0 Å². The van der Waals surface area contributed by atoms with Crippen molar-refractivity contribution in [2.45, 2.75) is 6.92 Å². The molecule has 0 fully saturated rings. The van der Waals surface area contributed by atoms with E-state index in [0.29, 0.717) is 0 Å². The van der Waals surface area contributed by atoms with Crippen molar-refractivity contribution >= 4 is 17.1 Å². The molecule has 34 heavy (non-hydrogen) atoms. The number of ether oxygens (including phenoxy) is 2. The lowest BCUT2D eigenvalue weighted by Gasteiger charge is -2.26. The third-order valence-electron chi connectivity index (χ3n) is 5.44. The second kappa shape index (κ2) is 9.97. The quantitative estimate of drug-likeness (QED) is 0.250. The molecule has 0 amide bonds. The first-order valence-electron chi connectivity index (χ1n) is 11.3. The van der Waals surface area contributed by atoms with Crippen LogP contribution in [0.5, 0.6) is 23.0 Å². The zero-order chi connectivity index (χ0) is 23.2. The number of hydrogen-bond acceptors (Lipinski definition) is 3. The van der Waals surface area contributed by atoms with E-state index < -0.39 is 0 Å². The van der Waals surface area contributed by atoms with E-state index in [1.54, 1.807) is 0 Å². The largest absolute Gasteiger partial charge is 0.457 e. The monoisotopic (exact) mass is 443 g/mol. The van der Waals surface area contributed by atoms with Gasteiger partial charge in [0.2, 0.25) is 0 Å². The highest BCUT2D eigenvalue weighted by molar-refractivity contribution is 5.77. The van der Waals surface area contributed by atoms with Crippen LogP contribution < -0.4 is 14.4 Å². The van der Waals surface area contributed by atoms with Gasteiger partial charge in [0.25, 0.3) is 0 Å². The Kier molecular flexibility index (Phi) is 6.26. The summed E-state index contributed by atoms with van der Waals surface area (Å²) in [6.45, 7) is 2.10. The van der Waals surface area contributed by atoms with E-state index in [2.05, 4.69) is 60.4 Å². The van der Waals surface area contributed by atoms with Crippen molar-refractivity contribution in [3.8, 4) is 23.0 Å². The Balaban J connectivity index is 1.43. The fourth-order valence-corrected chi connectivity index (χ4v) is 3.72. The van der Waals surface area contributed by atoms with Crippen LogP contribution in [0.4, 0.5) is 17.1 Å². The van der Waals surface area contributed by atoms with E-state index >= 15 is 0 Å². The standard InChI is InChI=1S/C31H25NO2/c1-24-12-14-25(15-13-24)32(26-16-20-30(21-17-26)33-28-8-4-2-5-9-28)27-18-22-31(23-19-27)34-29-10-6-3-7-11-29/h2-23H,1H3. The summed E-state index contributed by atoms with van der Waals surface area (Å²) in [4.78, 5) is 2.22. The lowest BCUT2D eigenvalue weighted by Crippen LogP contribution is -2.09. The minimum absolute atomic E-state index is 0.797. The number of hydrogen-bond donors (Lipinski definition) is 0. The van der Waals surface area contributed by atoms with Crippen molar-refractivity contribution in [1.29, 1.82) is 0 Å². The van der Waals surface area contributed by atoms with Crippen molar-refractivity contribution in [1.82, 2.24) is 0 Å². The fourth-order valence-electron chi connectivity index (χ4n) is 3.72. The van der Waals surface area contributed by atoms with Gasteiger partial charge in [-0.25, -0.2) is 0 Å². The molecule has 0 N–H and O–H groups in total. The zero-order valence-electron chi connectivity index (χ0n) is 19.0. The van der Waals surface area contributed by atoms with Gasteiger partial charge in [0.1, 0.15) is 23.0 Å². The molecule has 0 heterocycles. The molecule has 5 aromatic carbocycles. The third-order valence-corrected chi connectivity index (χ3v) is 5.44. The molecule has 3 nitrogen and oxygen atoms in total. The molecule has 0 atom stereocenters. The Morgan fingerprint density at radius 3 is 1.09 bits per heavy atom. The van der Waals surface area contributed by atoms with Crippen LogP contribution in [0.1, 0.15) is 5.56 Å². The topological polar surface area (TPSA) is 21.7 Å². The molecule has 0 aliphatic heterocycles. The van der Waals surface area contributed by atoms with Gasteiger partial charge in [-0.1, -0.05) is 54.1 Å². The highest BCUT2D eigenvalue weighted by atomic mass is 16.5. The summed E-state index contributed by atoms with van der Waals surface area (Å²) in [6.07, 6.45) is 0. The number of anilines is 3. The molecule has 3 heteroatoms. The maximum absolute atomic E-state index is 5.98. The first-order chi connectivity index (χ1) is 16.7. The van der Waals surface area contributed by atoms with Crippen LogP contribution in [-0.2, 0) is 0 Å². The fraction of sp³-hybridized carbons (Fsp3) is 0.0323. The molecule has 0 aromatic heterocycles. The van der Waals surface area contributed by atoms with Gasteiger partial charge in [0.15, 0.2) is 0 Å². The van der Waals surface area contributed by atoms with Gasteiger partial charge in [-0.15, -0.1) is 0 Å². The smallest absolute Gasteiger partial charge is 0.127 e. The second-order valence-corrected chi connectivity index (χ2v) is 7.99. The Labute approximate surface area is 200 Å². The molecule has 166 valence electrons. The highest BCUT2D eigenvalue weighted by Gasteiger charge is 2.13. The summed E-state index contributed by atoms with van der Waals surface area (Å²) in [5.74, 6) is 3.23. The first-order valence-corrected chi connectivity index (χ1v) is 11.3. The molecule has 0 saturated heterocycles. The van der Waals surface area contributed by atoms with Crippen LogP contribution in [-0.4, -0.2) is 0 Å². The van der Waals surface area contributed by atoms with Gasteiger partial charge in [-0.05, 0) is 91.9 Å². The molecule has 0 saturated carbocycles. The second-order valence-electron chi connectivity index (χ2n) is 7.99. The summed E-state index contributed by atoms with van der Waals surface area (Å²) in [6, 6.07) is 44.4. The maximum atomic E-state index is 5.98. The van der Waals surface area contributed by atoms with Crippen LogP contribution in [0, 0.1) is 6.92 Å². The first kappa shape index (κ1) is 21.4. The molecular weight excluding hydrogens is 418 g/mol. The van der Waals surface area contributed by atoms with Crippen LogP contribution in [0.25, 0.3) is 0 Å². The summed E-state index contributed by atoms with van der Waals surface area (Å²) in [5, 5.41) is 0. The van der Waals surface area contributed by atoms with E-state index in [1.165, 1.54) is 5.56 Å². The number of nitrogens with zero attached hydrogens (tertiary/aromatic N) is 1. The molecule has 0 aliphatic rings. The average Bonchev–Trinajstić information content (AvgIpc) is 2.89. The van der Waals surface area contributed by atoms with Crippen LogP contribution in [0.2, 0.25) is 0 Å². The predicted octanol–water partition coefficient (Wildman–Crippen LogP) is 9.05. The summed E-state index contributed by atoms with van der Waals surface area (Å²) < 4.78 is 12.0. The lowest BCUT2D eigenvalue weighted by molar-refractivity contribution is 0.482. The van der Waals surface area contributed by atoms with Crippen LogP contribution in [0.3, 0.4) is 0 Å². The number of aryl methyl sites for hydroxylation is 1. The molecule has 0 aliphatic carbocycles. The molecule has 0 spiro atoms. The summed E-state index contributed by atoms with van der Waals surface area (Å²) in [7, 11) is 0. The van der Waals surface area contributed by atoms with Gasteiger partial charge in [-0.3, -0.25) is 0 Å². The average molecular weight is 444 g/mol. The van der Waals surface area contributed by atoms with Crippen molar-refractivity contribution in [3.05, 3.63) is 139 Å². The molecule has 5 aromatic rings. The summed E-state index contributed by atoms with van der Waals surface area (Å²) in [5.41, 5.74) is 4.39. The molecule has 5 rings (SSSR count). The van der Waals surface area contributed by atoms with E-state index in [1.807, 2.05) is 84.9 Å². The van der Waals surface area contributed by atoms with Crippen molar-refractivity contribution in [2.75, 3.05) is 4.90 Å². The number of rotatable bonds is 7. The Bertz CT molecular complexity index is 1230. The van der Waals surface area contributed by atoms with Crippen LogP contribution >= 0.6 is 0 Å². The van der Waals surface area contributed by atoms with E-state index in [0.717, 1.165) is 40.1 Å². The minimum Gasteiger partial charge on any atom is -0.457 e. The van der Waals surface area contributed by atoms with Gasteiger partial charge in [-0.2, -0.15) is 0 Å². The highest BCUT2D eigenvalue weighted by Crippen LogP contribution is 2.37. The van der Waals surface area contributed by atoms with Gasteiger partial charge >= 0.3 is 0 Å². The number of benzene rings is 5. The Morgan fingerprint density at radius 1 is 0.382 bits per heavy atom. The normalized spacial score (nSPS) is 10.5. The third kappa shape index (κ3) is 5.11. The lowest BCUT2D eigenvalue weighted by atomic mass is 10.1. The Hall–Kier alpha value is -4.50. The van der Waals surface area contributed by atoms with Crippen molar-refractivity contribution in [2.24, 2.45) is 0 Å². The van der Waals surface area contributed by atoms with E-state index in [4.69, 9.17) is 9.47 Å². The molecular formula is C31H25NO2. The predicted molar refractivity (Wildman–Crippen MR) is 139 cm³/mol. The Morgan fingerprint density at radius 2 is 0.706 bits per heavy atom. The van der Waals surface area contributed by atoms with Gasteiger partial charge in [0, 0.05) is 17.1 Å². The minimum atomic E-state index is 0.797. The molecule has 0 unspecified atom stereocenters. The van der Waals surface area contributed by atoms with Crippen molar-refractivity contribution < 1.29 is 9.47 Å². The molecule has 0 bridgehead atoms. The van der Waals surface area contributed by atoms with E-state index in [-0.39, 0.29) is 0 Å². The van der Waals surface area contributed by atoms with E-state index in [9.17, 15) is 0 Å². The number of para-hydroxylation sites is 2. The van der Waals surface area contributed by atoms with Crippen molar-refractivity contribution in [3.63, 3.8) is 0 Å². The molecule has 0 radical (unpaired) electrons. The zero-order valence-corrected chi connectivity index (χ0v) is 19.0. The van der Waals surface area contributed by atoms with Gasteiger partial charge < -0.3 is 14.4 Å². The van der Waals surface area contributed by atoms with Crippen LogP contribution in [0.15, 0.2) is 133 Å².